The summed E-state index contributed by atoms with van der Waals surface area (Å²) in [6, 6.07) is -0.627. The molecule has 524 valence electrons. The highest BCUT2D eigenvalue weighted by Gasteiger charge is 2.18. The molecule has 0 aromatic carbocycles. The topological polar surface area (TPSA) is 95.9 Å². The molecule has 0 saturated heterocycles. The van der Waals surface area contributed by atoms with Gasteiger partial charge in [0.25, 0.3) is 0 Å². The summed E-state index contributed by atoms with van der Waals surface area (Å²) in [5, 5.41) is 23.2. The van der Waals surface area contributed by atoms with E-state index >= 15 is 0 Å². The number of carbonyl (C=O) groups excluding carboxylic acids is 2. The molecule has 0 fully saturated rings. The van der Waals surface area contributed by atoms with Gasteiger partial charge in [-0.1, -0.05) is 390 Å². The van der Waals surface area contributed by atoms with Gasteiger partial charge < -0.3 is 20.3 Å². The minimum Gasteiger partial charge on any atom is -0.466 e. The number of aliphatic hydroxyl groups is 2. The molecule has 0 aromatic heterocycles. The maximum Gasteiger partial charge on any atom is 0.305 e. The number of ether oxygens (including phenoxy) is 1. The monoisotopic (exact) mass is 1250 g/mol. The molecule has 0 rings (SSSR count). The number of carbonyl (C=O) groups is 2. The van der Waals surface area contributed by atoms with Gasteiger partial charge in [0, 0.05) is 12.8 Å². The number of esters is 1. The molecule has 0 aliphatic heterocycles. The van der Waals surface area contributed by atoms with Crippen LogP contribution in [0, 0.1) is 0 Å². The zero-order chi connectivity index (χ0) is 64.2. The molecule has 6 heteroatoms. The van der Waals surface area contributed by atoms with Crippen LogP contribution in [0.5, 0.6) is 0 Å². The van der Waals surface area contributed by atoms with Crippen molar-refractivity contribution in [3.8, 4) is 0 Å². The van der Waals surface area contributed by atoms with Gasteiger partial charge in [-0.25, -0.2) is 0 Å². The van der Waals surface area contributed by atoms with Gasteiger partial charge in [0.2, 0.25) is 5.91 Å². The Bertz CT molecular complexity index is 1490. The summed E-state index contributed by atoms with van der Waals surface area (Å²) >= 11 is 0. The molecule has 2 unspecified atom stereocenters. The van der Waals surface area contributed by atoms with Crippen LogP contribution >= 0.6 is 0 Å². The molecule has 2 atom stereocenters. The van der Waals surface area contributed by atoms with Crippen molar-refractivity contribution in [2.45, 2.75) is 456 Å². The van der Waals surface area contributed by atoms with Crippen LogP contribution in [0.3, 0.4) is 0 Å². The third-order valence-corrected chi connectivity index (χ3v) is 18.8. The molecule has 0 spiro atoms. The number of hydrogen-bond donors (Lipinski definition) is 3. The molecule has 0 saturated carbocycles. The summed E-state index contributed by atoms with van der Waals surface area (Å²) in [5.74, 6) is -0.0488. The van der Waals surface area contributed by atoms with Crippen LogP contribution in [0.4, 0.5) is 0 Å². The maximum absolute atomic E-state index is 12.5. The largest absolute Gasteiger partial charge is 0.466 e. The highest BCUT2D eigenvalue weighted by Crippen LogP contribution is 2.19. The molecule has 0 bridgehead atoms. The highest BCUT2D eigenvalue weighted by atomic mass is 16.5. The number of unbranched alkanes of at least 4 members (excludes halogenated alkanes) is 59. The van der Waals surface area contributed by atoms with Crippen molar-refractivity contribution in [1.29, 1.82) is 0 Å². The van der Waals surface area contributed by atoms with Crippen LogP contribution in [0.1, 0.15) is 444 Å². The van der Waals surface area contributed by atoms with Gasteiger partial charge in [0.1, 0.15) is 0 Å². The lowest BCUT2D eigenvalue weighted by Crippen LogP contribution is -2.45. The van der Waals surface area contributed by atoms with Gasteiger partial charge in [-0.3, -0.25) is 9.59 Å². The van der Waals surface area contributed by atoms with Crippen molar-refractivity contribution in [2.75, 3.05) is 13.2 Å². The van der Waals surface area contributed by atoms with E-state index in [0.717, 1.165) is 51.4 Å². The molecule has 0 aliphatic carbocycles. The zero-order valence-corrected chi connectivity index (χ0v) is 60.2. The number of aliphatic hydroxyl groups excluding tert-OH is 2. The van der Waals surface area contributed by atoms with Crippen LogP contribution in [0.25, 0.3) is 0 Å². The van der Waals surface area contributed by atoms with E-state index < -0.39 is 12.1 Å². The van der Waals surface area contributed by atoms with E-state index in [1.54, 1.807) is 6.08 Å². The Labute approximate surface area is 556 Å². The Morgan fingerprint density at radius 1 is 0.315 bits per heavy atom. The lowest BCUT2D eigenvalue weighted by atomic mass is 10.0. The lowest BCUT2D eigenvalue weighted by Gasteiger charge is -2.20. The predicted molar refractivity (Wildman–Crippen MR) is 393 cm³/mol. The first-order valence-corrected chi connectivity index (χ1v) is 40.4. The summed E-state index contributed by atoms with van der Waals surface area (Å²) < 4.78 is 5.50. The third-order valence-electron chi connectivity index (χ3n) is 18.8. The van der Waals surface area contributed by atoms with Gasteiger partial charge in [-0.05, 0) is 89.9 Å². The van der Waals surface area contributed by atoms with Crippen molar-refractivity contribution in [1.82, 2.24) is 5.32 Å². The maximum atomic E-state index is 12.5. The average molecular weight is 1250 g/mol. The van der Waals surface area contributed by atoms with Crippen LogP contribution in [-0.2, 0) is 14.3 Å². The number of rotatable bonds is 76. The fraction of sp³-hybridized carbons (Fsp3) is 0.880. The van der Waals surface area contributed by atoms with E-state index in [9.17, 15) is 19.8 Å². The SMILES string of the molecule is CCCCCCCC/C=C\CCCCCCCC(=O)OCCCCCCCCCCCCCCCCC/C=C\C/C=C\CCCCCCCCCCCCCCCCCCCC(=O)NC(CO)C(O)/C=C/CCCCCCCCCCCCCCCCCC. The highest BCUT2D eigenvalue weighted by molar-refractivity contribution is 5.76. The molecule has 1 amide bonds. The molecule has 3 N–H and O–H groups in total. The smallest absolute Gasteiger partial charge is 0.305 e. The van der Waals surface area contributed by atoms with E-state index in [1.807, 2.05) is 6.08 Å². The van der Waals surface area contributed by atoms with E-state index in [-0.39, 0.29) is 18.5 Å². The van der Waals surface area contributed by atoms with Crippen molar-refractivity contribution < 1.29 is 24.5 Å². The molecule has 0 aromatic rings. The van der Waals surface area contributed by atoms with Crippen LogP contribution < -0.4 is 5.32 Å². The van der Waals surface area contributed by atoms with E-state index in [4.69, 9.17) is 4.74 Å². The number of allylic oxidation sites excluding steroid dienone is 7. The van der Waals surface area contributed by atoms with Crippen LogP contribution in [0.15, 0.2) is 48.6 Å². The summed E-state index contributed by atoms with van der Waals surface area (Å²) in [5.41, 5.74) is 0. The molecule has 89 heavy (non-hydrogen) atoms. The summed E-state index contributed by atoms with van der Waals surface area (Å²) in [4.78, 5) is 24.6. The normalized spacial score (nSPS) is 12.7. The van der Waals surface area contributed by atoms with Crippen molar-refractivity contribution in [2.24, 2.45) is 0 Å². The van der Waals surface area contributed by atoms with Gasteiger partial charge in [-0.2, -0.15) is 0 Å². The summed E-state index contributed by atoms with van der Waals surface area (Å²) in [7, 11) is 0. The Morgan fingerprint density at radius 2 is 0.562 bits per heavy atom. The van der Waals surface area contributed by atoms with Crippen molar-refractivity contribution >= 4 is 11.9 Å². The molecule has 0 aliphatic rings. The van der Waals surface area contributed by atoms with Gasteiger partial charge in [0.05, 0.1) is 25.4 Å². The zero-order valence-electron chi connectivity index (χ0n) is 60.2. The number of amides is 1. The Morgan fingerprint density at radius 3 is 0.865 bits per heavy atom. The first kappa shape index (κ1) is 86.8. The van der Waals surface area contributed by atoms with E-state index in [0.29, 0.717) is 19.4 Å². The fourth-order valence-electron chi connectivity index (χ4n) is 12.7. The number of nitrogens with one attached hydrogen (secondary N) is 1. The lowest BCUT2D eigenvalue weighted by molar-refractivity contribution is -0.143. The summed E-state index contributed by atoms with van der Waals surface area (Å²) in [6.45, 7) is 4.94. The van der Waals surface area contributed by atoms with E-state index in [1.165, 1.54) is 366 Å². The summed E-state index contributed by atoms with van der Waals surface area (Å²) in [6.07, 6.45) is 104. The van der Waals surface area contributed by atoms with Crippen molar-refractivity contribution in [3.05, 3.63) is 48.6 Å². The fourth-order valence-corrected chi connectivity index (χ4v) is 12.7. The van der Waals surface area contributed by atoms with Crippen LogP contribution in [0.2, 0.25) is 0 Å². The van der Waals surface area contributed by atoms with Crippen LogP contribution in [-0.4, -0.2) is 47.4 Å². The van der Waals surface area contributed by atoms with Gasteiger partial charge >= 0.3 is 5.97 Å². The molecule has 0 heterocycles. The third kappa shape index (κ3) is 74.7. The standard InChI is InChI=1S/C83H157NO5/c1-3-5-7-9-11-13-15-17-19-20-44-48-51-55-59-63-67-71-75-81(86)80(79-85)84-82(87)76-72-68-64-60-56-52-49-45-42-40-38-36-34-32-30-28-26-24-22-21-23-25-27-29-31-33-35-37-39-41-43-46-50-54-58-62-66-70-74-78-89-83(88)77-73-69-65-61-57-53-47-18-16-14-12-10-8-6-4-2/h18,21-22,25,27,47,71,75,80-81,85-86H,3-17,19-20,23-24,26,28-46,48-70,72-74,76-79H2,1-2H3,(H,84,87)/b22-21-,27-25-,47-18-,75-71+. The number of hydrogen-bond acceptors (Lipinski definition) is 5. The second kappa shape index (κ2) is 78.3. The average Bonchev–Trinajstić information content (AvgIpc) is 3.60. The van der Waals surface area contributed by atoms with Gasteiger partial charge in [0.15, 0.2) is 0 Å². The Balaban J connectivity index is 3.37. The quantitative estimate of drug-likeness (QED) is 0.0320. The molecular weight excluding hydrogens is 1090 g/mol. The second-order valence-corrected chi connectivity index (χ2v) is 27.7. The minimum absolute atomic E-state index is 0.0126. The molecular formula is C83H157NO5. The van der Waals surface area contributed by atoms with Gasteiger partial charge in [-0.15, -0.1) is 0 Å². The van der Waals surface area contributed by atoms with Crippen molar-refractivity contribution in [3.63, 3.8) is 0 Å². The molecule has 6 nitrogen and oxygen atoms in total. The first-order chi connectivity index (χ1) is 44.0. The van der Waals surface area contributed by atoms with E-state index in [2.05, 4.69) is 55.6 Å². The first-order valence-electron chi connectivity index (χ1n) is 40.4. The second-order valence-electron chi connectivity index (χ2n) is 27.7. The molecule has 0 radical (unpaired) electrons. The Kier molecular flexibility index (Phi) is 76.3. The minimum atomic E-state index is -0.843. The predicted octanol–water partition coefficient (Wildman–Crippen LogP) is 26.8. The Hall–Kier alpha value is -2.18.